The zero-order valence-corrected chi connectivity index (χ0v) is 9.76. The van der Waals surface area contributed by atoms with Crippen molar-refractivity contribution in [3.05, 3.63) is 24.5 Å². The van der Waals surface area contributed by atoms with Crippen molar-refractivity contribution in [2.75, 3.05) is 7.05 Å². The van der Waals surface area contributed by atoms with Crippen LogP contribution in [0.4, 0.5) is 0 Å². The summed E-state index contributed by atoms with van der Waals surface area (Å²) in [6, 6.07) is 4.57. The molecule has 16 heavy (non-hydrogen) atoms. The summed E-state index contributed by atoms with van der Waals surface area (Å²) >= 11 is 0. The lowest BCUT2D eigenvalue weighted by atomic mass is 9.90. The smallest absolute Gasteiger partial charge is 0.327 e. The summed E-state index contributed by atoms with van der Waals surface area (Å²) in [4.78, 5) is 0. The predicted molar refractivity (Wildman–Crippen MR) is 64.4 cm³/mol. The van der Waals surface area contributed by atoms with Crippen LogP contribution < -0.4 is 15.3 Å². The Balaban J connectivity index is 1.89. The van der Waals surface area contributed by atoms with Gasteiger partial charge < -0.3 is 10.3 Å². The summed E-state index contributed by atoms with van der Waals surface area (Å²) in [5.74, 6) is 0.784. The summed E-state index contributed by atoms with van der Waals surface area (Å²) < 4.78 is 2.20. The highest BCUT2D eigenvalue weighted by atomic mass is 16.2. The second-order valence-corrected chi connectivity index (χ2v) is 4.62. The normalized spacial score (nSPS) is 24.6. The van der Waals surface area contributed by atoms with Crippen molar-refractivity contribution in [3.8, 4) is 0 Å². The van der Waals surface area contributed by atoms with E-state index in [1.165, 1.54) is 19.3 Å². The molecule has 0 amide bonds. The van der Waals surface area contributed by atoms with Gasteiger partial charge in [0.2, 0.25) is 0 Å². The van der Waals surface area contributed by atoms with Crippen molar-refractivity contribution in [2.45, 2.75) is 31.8 Å². The van der Waals surface area contributed by atoms with Gasteiger partial charge in [-0.3, -0.25) is 0 Å². The van der Waals surface area contributed by atoms with Crippen LogP contribution in [0.1, 0.15) is 19.3 Å². The molecule has 1 aliphatic carbocycles. The average molecular weight is 218 g/mol. The van der Waals surface area contributed by atoms with Crippen LogP contribution in [0.3, 0.4) is 0 Å². The van der Waals surface area contributed by atoms with Gasteiger partial charge >= 0.3 is 7.48 Å². The zero-order valence-electron chi connectivity index (χ0n) is 9.76. The topological polar surface area (TPSA) is 36.1 Å². The molecule has 0 spiro atoms. The lowest BCUT2D eigenvalue weighted by Gasteiger charge is -2.07. The number of nitrogens with one attached hydrogen (secondary N) is 1. The van der Waals surface area contributed by atoms with Crippen LogP contribution in [0.2, 0.25) is 0 Å². The van der Waals surface area contributed by atoms with Crippen molar-refractivity contribution < 1.29 is 9.59 Å². The van der Waals surface area contributed by atoms with E-state index in [1.54, 1.807) is 0 Å². The van der Waals surface area contributed by atoms with Crippen molar-refractivity contribution in [1.82, 2.24) is 5.32 Å². The maximum absolute atomic E-state index is 8.84. The minimum absolute atomic E-state index is 0.704. The first-order valence-electron chi connectivity index (χ1n) is 5.95. The first-order valence-corrected chi connectivity index (χ1v) is 5.95. The van der Waals surface area contributed by atoms with Crippen LogP contribution in [0.15, 0.2) is 24.5 Å². The molecule has 2 atom stereocenters. The van der Waals surface area contributed by atoms with Crippen molar-refractivity contribution in [3.63, 3.8) is 0 Å². The number of aromatic nitrogens is 1. The number of pyridine rings is 1. The van der Waals surface area contributed by atoms with Crippen LogP contribution in [0, 0.1) is 5.92 Å². The first-order chi connectivity index (χ1) is 7.81. The van der Waals surface area contributed by atoms with E-state index in [4.69, 9.17) is 5.02 Å². The largest absolute Gasteiger partial charge is 0.450 e. The van der Waals surface area contributed by atoms with Gasteiger partial charge in [0, 0.05) is 12.0 Å². The molecule has 2 unspecified atom stereocenters. The average Bonchev–Trinajstić information content (AvgIpc) is 2.78. The molecule has 3 nitrogen and oxygen atoms in total. The van der Waals surface area contributed by atoms with Crippen LogP contribution in [-0.4, -0.2) is 25.6 Å². The van der Waals surface area contributed by atoms with Crippen LogP contribution in [-0.2, 0) is 6.54 Å². The molecule has 1 fully saturated rings. The maximum Gasteiger partial charge on any atom is 0.327 e. The van der Waals surface area contributed by atoms with Crippen molar-refractivity contribution in [1.29, 1.82) is 0 Å². The summed E-state index contributed by atoms with van der Waals surface area (Å²) in [6.07, 6.45) is 7.96. The number of rotatable bonds is 4. The molecule has 4 heteroatoms. The Morgan fingerprint density at radius 2 is 2.19 bits per heavy atom. The predicted octanol–water partition coefficient (Wildman–Crippen LogP) is -0.401. The Bertz CT molecular complexity index is 328. The van der Waals surface area contributed by atoms with Gasteiger partial charge in [0.1, 0.15) is 0 Å². The van der Waals surface area contributed by atoms with E-state index >= 15 is 0 Å². The molecule has 0 aliphatic heterocycles. The van der Waals surface area contributed by atoms with E-state index in [0.717, 1.165) is 25.4 Å². The Labute approximate surface area is 97.8 Å². The summed E-state index contributed by atoms with van der Waals surface area (Å²) in [6.45, 7) is 1.09. The Kier molecular flexibility index (Phi) is 3.96. The minimum Gasteiger partial charge on any atom is -0.450 e. The molecule has 0 aromatic carbocycles. The second-order valence-electron chi connectivity index (χ2n) is 4.62. The SMILES string of the molecule is CNC1CCC(C[n+]2ccc([B]O)cc2)C1. The van der Waals surface area contributed by atoms with Gasteiger partial charge in [-0.25, -0.2) is 4.57 Å². The fraction of sp³-hybridized carbons (Fsp3) is 0.583. The number of nitrogens with zero attached hydrogens (tertiary/aromatic N) is 1. The molecule has 1 aliphatic rings. The molecule has 0 saturated heterocycles. The molecule has 1 radical (unpaired) electrons. The van der Waals surface area contributed by atoms with Gasteiger partial charge in [0.05, 0.1) is 0 Å². The summed E-state index contributed by atoms with van der Waals surface area (Å²) in [5, 5.41) is 12.2. The van der Waals surface area contributed by atoms with Gasteiger partial charge in [-0.1, -0.05) is 0 Å². The minimum atomic E-state index is 0.704. The van der Waals surface area contributed by atoms with Crippen LogP contribution in [0.5, 0.6) is 0 Å². The highest BCUT2D eigenvalue weighted by molar-refractivity contribution is 6.45. The molecule has 1 aromatic rings. The molecule has 1 aromatic heterocycles. The number of hydrogen-bond acceptors (Lipinski definition) is 2. The van der Waals surface area contributed by atoms with E-state index in [1.807, 2.05) is 31.6 Å². The zero-order chi connectivity index (χ0) is 11.4. The third kappa shape index (κ3) is 2.83. The van der Waals surface area contributed by atoms with Gasteiger partial charge in [-0.2, -0.15) is 0 Å². The molecule has 85 valence electrons. The Morgan fingerprint density at radius 1 is 1.44 bits per heavy atom. The highest BCUT2D eigenvalue weighted by Gasteiger charge is 2.26. The maximum atomic E-state index is 8.84. The van der Waals surface area contributed by atoms with Gasteiger partial charge in [0.25, 0.3) is 0 Å². The second kappa shape index (κ2) is 5.46. The van der Waals surface area contributed by atoms with Crippen LogP contribution >= 0.6 is 0 Å². The summed E-state index contributed by atoms with van der Waals surface area (Å²) in [7, 11) is 3.18. The Morgan fingerprint density at radius 3 is 2.75 bits per heavy atom. The Hall–Kier alpha value is -0.865. The summed E-state index contributed by atoms with van der Waals surface area (Å²) in [5.41, 5.74) is 0.857. The fourth-order valence-corrected chi connectivity index (χ4v) is 2.48. The molecule has 0 bridgehead atoms. The standard InChI is InChI=1S/C12H19BN2O/c1-14-12-3-2-10(8-12)9-15-6-4-11(13-16)5-7-15/h4-7,10,12,14,16H,2-3,8-9H2,1H3/q+1. The third-order valence-corrected chi connectivity index (χ3v) is 3.48. The lowest BCUT2D eigenvalue weighted by molar-refractivity contribution is -0.703. The molecule has 1 heterocycles. The molecular weight excluding hydrogens is 199 g/mol. The van der Waals surface area contributed by atoms with E-state index in [2.05, 4.69) is 9.88 Å². The van der Waals surface area contributed by atoms with E-state index in [-0.39, 0.29) is 0 Å². The van der Waals surface area contributed by atoms with Gasteiger partial charge in [0.15, 0.2) is 18.9 Å². The third-order valence-electron chi connectivity index (χ3n) is 3.48. The van der Waals surface area contributed by atoms with E-state index < -0.39 is 0 Å². The fourth-order valence-electron chi connectivity index (χ4n) is 2.48. The molecule has 2 rings (SSSR count). The van der Waals surface area contributed by atoms with Gasteiger partial charge in [-0.05, 0) is 43.9 Å². The highest BCUT2D eigenvalue weighted by Crippen LogP contribution is 2.25. The molecule has 2 N–H and O–H groups in total. The van der Waals surface area contributed by atoms with Crippen molar-refractivity contribution in [2.24, 2.45) is 5.92 Å². The number of hydrogen-bond donors (Lipinski definition) is 2. The molecule has 1 saturated carbocycles. The van der Waals surface area contributed by atoms with E-state index in [0.29, 0.717) is 6.04 Å². The molecular formula is C12H19BN2O+. The van der Waals surface area contributed by atoms with Gasteiger partial charge in [-0.15, -0.1) is 0 Å². The van der Waals surface area contributed by atoms with Crippen molar-refractivity contribution >= 4 is 12.9 Å². The first kappa shape index (κ1) is 11.6. The lowest BCUT2D eigenvalue weighted by Crippen LogP contribution is -2.38. The van der Waals surface area contributed by atoms with E-state index in [9.17, 15) is 0 Å². The monoisotopic (exact) mass is 218 g/mol. The quantitative estimate of drug-likeness (QED) is 0.533. The van der Waals surface area contributed by atoms with Crippen LogP contribution in [0.25, 0.3) is 0 Å².